The van der Waals surface area contributed by atoms with Crippen molar-refractivity contribution in [1.29, 1.82) is 0 Å². The fraction of sp³-hybridized carbons (Fsp3) is 0.300. The Balaban J connectivity index is 1.39. The predicted octanol–water partition coefficient (Wildman–Crippen LogP) is 5.84. The third-order valence-electron chi connectivity index (χ3n) is 8.04. The Hall–Kier alpha value is -3.25. The number of nitrogens with one attached hydrogen (secondary N) is 1. The number of rotatable bonds is 6. The molecule has 7 rings (SSSR count). The Morgan fingerprint density at radius 1 is 0.833 bits per heavy atom. The van der Waals surface area contributed by atoms with Crippen LogP contribution in [0.5, 0.6) is 0 Å². The number of benzene rings is 3. The minimum atomic E-state index is -0.829. The van der Waals surface area contributed by atoms with E-state index in [-0.39, 0.29) is 29.6 Å². The van der Waals surface area contributed by atoms with Crippen LogP contribution in [-0.2, 0) is 14.4 Å². The van der Waals surface area contributed by atoms with E-state index in [0.717, 1.165) is 39.6 Å². The first kappa shape index (κ1) is 23.2. The summed E-state index contributed by atoms with van der Waals surface area (Å²) in [6, 6.07) is 22.9. The van der Waals surface area contributed by atoms with Gasteiger partial charge in [0.1, 0.15) is 6.04 Å². The summed E-state index contributed by atoms with van der Waals surface area (Å²) in [5, 5.41) is 2.94. The zero-order valence-electron chi connectivity index (χ0n) is 20.0. The molecular weight excluding hydrogens is 516 g/mol. The summed E-state index contributed by atoms with van der Waals surface area (Å²) in [5.74, 6) is -2.03. The fourth-order valence-electron chi connectivity index (χ4n) is 6.54. The molecule has 3 aromatic carbocycles. The molecule has 2 bridgehead atoms. The molecular formula is C30H27BrN2O3. The van der Waals surface area contributed by atoms with Crippen LogP contribution in [0.4, 0.5) is 5.69 Å². The normalized spacial score (nSPS) is 24.2. The molecule has 6 heteroatoms. The van der Waals surface area contributed by atoms with Crippen LogP contribution in [0.15, 0.2) is 77.3 Å². The van der Waals surface area contributed by atoms with Gasteiger partial charge in [-0.25, -0.2) is 0 Å². The first-order valence-electron chi connectivity index (χ1n) is 12.6. The lowest BCUT2D eigenvalue weighted by atomic mass is 9.55. The third-order valence-corrected chi connectivity index (χ3v) is 8.57. The highest BCUT2D eigenvalue weighted by Crippen LogP contribution is 2.61. The highest BCUT2D eigenvalue weighted by atomic mass is 79.9. The highest BCUT2D eigenvalue weighted by molar-refractivity contribution is 9.10. The second kappa shape index (κ2) is 9.00. The van der Waals surface area contributed by atoms with Crippen molar-refractivity contribution >= 4 is 39.3 Å². The van der Waals surface area contributed by atoms with Crippen LogP contribution in [0.25, 0.3) is 0 Å². The molecule has 4 aliphatic rings. The van der Waals surface area contributed by atoms with Crippen molar-refractivity contribution < 1.29 is 14.4 Å². The number of unbranched alkanes of at least 4 members (excludes halogenated alkanes) is 1. The summed E-state index contributed by atoms with van der Waals surface area (Å²) in [5.41, 5.74) is 5.18. The maximum Gasteiger partial charge on any atom is 0.247 e. The Bertz CT molecular complexity index is 1250. The smallest absolute Gasteiger partial charge is 0.247 e. The predicted molar refractivity (Wildman–Crippen MR) is 141 cm³/mol. The van der Waals surface area contributed by atoms with Gasteiger partial charge in [-0.15, -0.1) is 0 Å². The minimum Gasteiger partial charge on any atom is -0.324 e. The van der Waals surface area contributed by atoms with Gasteiger partial charge in [0.05, 0.1) is 11.8 Å². The quantitative estimate of drug-likeness (QED) is 0.398. The Morgan fingerprint density at radius 3 is 1.75 bits per heavy atom. The van der Waals surface area contributed by atoms with E-state index in [9.17, 15) is 14.4 Å². The topological polar surface area (TPSA) is 66.5 Å². The number of likely N-dealkylation sites (tertiary alicyclic amines) is 1. The zero-order valence-corrected chi connectivity index (χ0v) is 21.6. The lowest BCUT2D eigenvalue weighted by Gasteiger charge is -2.45. The van der Waals surface area contributed by atoms with E-state index in [4.69, 9.17) is 0 Å². The van der Waals surface area contributed by atoms with Gasteiger partial charge in [-0.05, 0) is 52.9 Å². The van der Waals surface area contributed by atoms with Crippen LogP contribution in [0.1, 0.15) is 60.3 Å². The molecule has 0 radical (unpaired) electrons. The molecule has 1 aliphatic heterocycles. The molecule has 0 spiro atoms. The van der Waals surface area contributed by atoms with Crippen LogP contribution in [0.2, 0.25) is 0 Å². The molecule has 3 aromatic rings. The molecule has 3 amide bonds. The standard InChI is InChI=1S/C30H27BrN2O3/c1-2-3-12-23(28(34)32-18-15-13-17(31)14-16-18)33-29(35)26-24-19-8-4-5-9-20(19)25(27(26)30(33)36)22-11-7-6-10-21(22)24/h4-11,13-16,23-27H,2-3,12H2,1H3,(H,32,34)/t23-,24?,25?,26+,27+/m1/s1. The summed E-state index contributed by atoms with van der Waals surface area (Å²) >= 11 is 3.41. The Labute approximate surface area is 219 Å². The van der Waals surface area contributed by atoms with Crippen LogP contribution in [0.3, 0.4) is 0 Å². The summed E-state index contributed by atoms with van der Waals surface area (Å²) in [7, 11) is 0. The average Bonchev–Trinajstić information content (AvgIpc) is 3.16. The second-order valence-electron chi connectivity index (χ2n) is 9.97. The van der Waals surface area contributed by atoms with Gasteiger partial charge in [-0.2, -0.15) is 0 Å². The first-order chi connectivity index (χ1) is 17.5. The Kier molecular flexibility index (Phi) is 5.79. The lowest BCUT2D eigenvalue weighted by molar-refractivity contribution is -0.147. The second-order valence-corrected chi connectivity index (χ2v) is 10.9. The van der Waals surface area contributed by atoms with E-state index in [1.807, 2.05) is 43.3 Å². The van der Waals surface area contributed by atoms with Gasteiger partial charge in [0.2, 0.25) is 17.7 Å². The molecule has 0 aromatic heterocycles. The molecule has 0 saturated carbocycles. The molecule has 182 valence electrons. The number of carbonyl (C=O) groups is 3. The van der Waals surface area contributed by atoms with E-state index >= 15 is 0 Å². The molecule has 1 fully saturated rings. The monoisotopic (exact) mass is 542 g/mol. The number of nitrogens with zero attached hydrogens (tertiary/aromatic N) is 1. The van der Waals surface area contributed by atoms with E-state index < -0.39 is 17.9 Å². The minimum absolute atomic E-state index is 0.171. The van der Waals surface area contributed by atoms with Crippen LogP contribution >= 0.6 is 15.9 Å². The maximum atomic E-state index is 14.1. The van der Waals surface area contributed by atoms with Crippen molar-refractivity contribution in [2.75, 3.05) is 5.32 Å². The molecule has 5 nitrogen and oxygen atoms in total. The summed E-state index contributed by atoms with van der Waals surface area (Å²) in [4.78, 5) is 43.0. The largest absolute Gasteiger partial charge is 0.324 e. The van der Waals surface area contributed by atoms with Gasteiger partial charge in [-0.3, -0.25) is 19.3 Å². The molecule has 1 heterocycles. The van der Waals surface area contributed by atoms with Crippen molar-refractivity contribution in [1.82, 2.24) is 4.90 Å². The number of imide groups is 1. The van der Waals surface area contributed by atoms with E-state index in [2.05, 4.69) is 45.5 Å². The third kappa shape index (κ3) is 3.46. The van der Waals surface area contributed by atoms with Gasteiger partial charge in [0.25, 0.3) is 0 Å². The van der Waals surface area contributed by atoms with E-state index in [1.54, 1.807) is 12.1 Å². The van der Waals surface area contributed by atoms with Crippen molar-refractivity contribution in [3.8, 4) is 0 Å². The number of amides is 3. The van der Waals surface area contributed by atoms with Gasteiger partial charge >= 0.3 is 0 Å². The maximum absolute atomic E-state index is 14.1. The van der Waals surface area contributed by atoms with Crippen LogP contribution in [0, 0.1) is 11.8 Å². The van der Waals surface area contributed by atoms with Gasteiger partial charge in [0, 0.05) is 22.0 Å². The van der Waals surface area contributed by atoms with Gasteiger partial charge in [0.15, 0.2) is 0 Å². The molecule has 3 aliphatic carbocycles. The number of hydrogen-bond donors (Lipinski definition) is 1. The lowest BCUT2D eigenvalue weighted by Crippen LogP contribution is -2.48. The van der Waals surface area contributed by atoms with Gasteiger partial charge in [-0.1, -0.05) is 84.2 Å². The first-order valence-corrected chi connectivity index (χ1v) is 13.4. The van der Waals surface area contributed by atoms with Crippen LogP contribution in [-0.4, -0.2) is 28.7 Å². The summed E-state index contributed by atoms with van der Waals surface area (Å²) in [6.45, 7) is 2.05. The van der Waals surface area contributed by atoms with Crippen molar-refractivity contribution in [2.24, 2.45) is 11.8 Å². The fourth-order valence-corrected chi connectivity index (χ4v) is 6.81. The molecule has 1 saturated heterocycles. The molecule has 1 N–H and O–H groups in total. The zero-order chi connectivity index (χ0) is 25.0. The van der Waals surface area contributed by atoms with Crippen molar-refractivity contribution in [2.45, 2.75) is 44.1 Å². The molecule has 0 unspecified atom stereocenters. The highest BCUT2D eigenvalue weighted by Gasteiger charge is 2.62. The van der Waals surface area contributed by atoms with E-state index in [1.165, 1.54) is 4.90 Å². The van der Waals surface area contributed by atoms with Crippen molar-refractivity contribution in [3.05, 3.63) is 99.5 Å². The SMILES string of the molecule is CCCC[C@H](C(=O)Nc1ccc(Br)cc1)N1C(=O)[C@H]2C3c4ccccc4C(c4ccccc43)[C@@H]2C1=O. The average molecular weight is 543 g/mol. The molecule has 36 heavy (non-hydrogen) atoms. The number of hydrogen-bond acceptors (Lipinski definition) is 3. The number of carbonyl (C=O) groups excluding carboxylic acids is 3. The molecule has 3 atom stereocenters. The van der Waals surface area contributed by atoms with Crippen molar-refractivity contribution in [3.63, 3.8) is 0 Å². The van der Waals surface area contributed by atoms with Crippen LogP contribution < -0.4 is 5.32 Å². The number of anilines is 1. The summed E-state index contributed by atoms with van der Waals surface area (Å²) in [6.07, 6.45) is 2.07. The van der Waals surface area contributed by atoms with E-state index in [0.29, 0.717) is 12.1 Å². The number of halogens is 1. The van der Waals surface area contributed by atoms with Gasteiger partial charge < -0.3 is 5.32 Å². The summed E-state index contributed by atoms with van der Waals surface area (Å²) < 4.78 is 0.909. The Morgan fingerprint density at radius 2 is 1.31 bits per heavy atom.